The predicted molar refractivity (Wildman–Crippen MR) is 100 cm³/mol. The summed E-state index contributed by atoms with van der Waals surface area (Å²) in [6.45, 7) is 10.5. The lowest BCUT2D eigenvalue weighted by Gasteiger charge is -2.48. The highest BCUT2D eigenvalue weighted by Gasteiger charge is 2.37. The number of nitrogens with zero attached hydrogens (tertiary/aromatic N) is 2. The van der Waals surface area contributed by atoms with Crippen molar-refractivity contribution >= 4 is 22.5 Å². The number of nitrogens with one attached hydrogen (secondary N) is 1. The van der Waals surface area contributed by atoms with Crippen LogP contribution in [0.4, 0.5) is 10.5 Å². The monoisotopic (exact) mass is 325 g/mol. The molecule has 128 valence electrons. The fraction of sp³-hybridized carbons (Fsp3) is 0.450. The third kappa shape index (κ3) is 3.24. The summed E-state index contributed by atoms with van der Waals surface area (Å²) < 4.78 is 0. The normalized spacial score (nSPS) is 15.4. The van der Waals surface area contributed by atoms with Gasteiger partial charge >= 0.3 is 6.03 Å². The molecule has 1 N–H and O–H groups in total. The summed E-state index contributed by atoms with van der Waals surface area (Å²) in [6, 6.07) is 15.6. The number of likely N-dealkylation sites (tertiary alicyclic amines) is 1. The molecule has 0 unspecified atom stereocenters. The van der Waals surface area contributed by atoms with Crippen molar-refractivity contribution < 1.29 is 4.79 Å². The average molecular weight is 325 g/mol. The van der Waals surface area contributed by atoms with Crippen molar-refractivity contribution in [3.05, 3.63) is 42.5 Å². The van der Waals surface area contributed by atoms with Gasteiger partial charge in [-0.25, -0.2) is 4.79 Å². The summed E-state index contributed by atoms with van der Waals surface area (Å²) in [7, 11) is 0. The van der Waals surface area contributed by atoms with Gasteiger partial charge < -0.3 is 10.2 Å². The summed E-state index contributed by atoms with van der Waals surface area (Å²) in [5.41, 5.74) is 0.881. The zero-order chi connectivity index (χ0) is 17.3. The van der Waals surface area contributed by atoms with E-state index in [4.69, 9.17) is 0 Å². The lowest BCUT2D eigenvalue weighted by atomic mass is 10.0. The van der Waals surface area contributed by atoms with Gasteiger partial charge in [0.1, 0.15) is 0 Å². The molecule has 2 aromatic rings. The first-order valence-electron chi connectivity index (χ1n) is 8.78. The SMILES string of the molecule is CC(C)N(C(C)C)C1CN(C(=O)Nc2cccc3ccccc23)C1. The maximum atomic E-state index is 12.5. The first-order valence-corrected chi connectivity index (χ1v) is 8.78. The minimum Gasteiger partial charge on any atom is -0.321 e. The van der Waals surface area contributed by atoms with Gasteiger partial charge in [-0.1, -0.05) is 36.4 Å². The van der Waals surface area contributed by atoms with Crippen molar-refractivity contribution in [3.8, 4) is 0 Å². The Labute approximate surface area is 144 Å². The Morgan fingerprint density at radius 3 is 2.33 bits per heavy atom. The molecule has 2 aromatic carbocycles. The fourth-order valence-corrected chi connectivity index (χ4v) is 3.78. The first-order chi connectivity index (χ1) is 11.5. The number of hydrogen-bond donors (Lipinski definition) is 1. The van der Waals surface area contributed by atoms with Gasteiger partial charge in [-0.15, -0.1) is 0 Å². The van der Waals surface area contributed by atoms with Crippen LogP contribution in [0.25, 0.3) is 10.8 Å². The zero-order valence-electron chi connectivity index (χ0n) is 15.0. The van der Waals surface area contributed by atoms with E-state index < -0.39 is 0 Å². The third-order valence-corrected chi connectivity index (χ3v) is 4.79. The van der Waals surface area contributed by atoms with Gasteiger partial charge in [-0.3, -0.25) is 4.90 Å². The number of rotatable bonds is 4. The van der Waals surface area contributed by atoms with Crippen molar-refractivity contribution in [2.24, 2.45) is 0 Å². The minimum atomic E-state index is -0.00457. The molecule has 24 heavy (non-hydrogen) atoms. The summed E-state index contributed by atoms with van der Waals surface area (Å²) in [6.07, 6.45) is 0. The molecule has 0 atom stereocenters. The van der Waals surface area contributed by atoms with Gasteiger partial charge in [-0.2, -0.15) is 0 Å². The summed E-state index contributed by atoms with van der Waals surface area (Å²) in [5.74, 6) is 0. The van der Waals surface area contributed by atoms with Crippen LogP contribution < -0.4 is 5.32 Å². The topological polar surface area (TPSA) is 35.6 Å². The third-order valence-electron chi connectivity index (χ3n) is 4.79. The van der Waals surface area contributed by atoms with Crippen molar-refractivity contribution in [2.75, 3.05) is 18.4 Å². The van der Waals surface area contributed by atoms with Crippen LogP contribution >= 0.6 is 0 Å². The van der Waals surface area contributed by atoms with E-state index in [9.17, 15) is 4.79 Å². The number of carbonyl (C=O) groups is 1. The molecule has 1 aliphatic heterocycles. The average Bonchev–Trinajstić information content (AvgIpc) is 2.49. The van der Waals surface area contributed by atoms with Crippen LogP contribution in [-0.2, 0) is 0 Å². The van der Waals surface area contributed by atoms with Gasteiger partial charge in [0.25, 0.3) is 0 Å². The van der Waals surface area contributed by atoms with E-state index >= 15 is 0 Å². The number of amides is 2. The van der Waals surface area contributed by atoms with E-state index in [-0.39, 0.29) is 6.03 Å². The highest BCUT2D eigenvalue weighted by molar-refractivity contribution is 6.01. The van der Waals surface area contributed by atoms with E-state index in [2.05, 4.69) is 50.0 Å². The molecule has 4 heteroatoms. The lowest BCUT2D eigenvalue weighted by molar-refractivity contribution is 0.0202. The van der Waals surface area contributed by atoms with Crippen LogP contribution in [0, 0.1) is 0 Å². The maximum Gasteiger partial charge on any atom is 0.321 e. The molecule has 1 fully saturated rings. The largest absolute Gasteiger partial charge is 0.321 e. The zero-order valence-corrected chi connectivity index (χ0v) is 15.0. The highest BCUT2D eigenvalue weighted by Crippen LogP contribution is 2.25. The number of anilines is 1. The standard InChI is InChI=1S/C20H27N3O/c1-14(2)23(15(3)4)17-12-22(13-17)20(24)21-19-11-7-9-16-8-5-6-10-18(16)19/h5-11,14-15,17H,12-13H2,1-4H3,(H,21,24). The number of hydrogen-bond acceptors (Lipinski definition) is 2. The van der Waals surface area contributed by atoms with E-state index in [1.54, 1.807) is 0 Å². The molecule has 0 aromatic heterocycles. The van der Waals surface area contributed by atoms with Crippen molar-refractivity contribution in [1.82, 2.24) is 9.80 Å². The molecule has 1 aliphatic rings. The van der Waals surface area contributed by atoms with Crippen LogP contribution in [0.3, 0.4) is 0 Å². The van der Waals surface area contributed by atoms with E-state index in [1.165, 1.54) is 0 Å². The molecule has 0 bridgehead atoms. The van der Waals surface area contributed by atoms with Gasteiger partial charge in [-0.05, 0) is 39.1 Å². The van der Waals surface area contributed by atoms with E-state index in [0.717, 1.165) is 29.5 Å². The molecular formula is C20H27N3O. The summed E-state index contributed by atoms with van der Waals surface area (Å²) in [4.78, 5) is 16.9. The second-order valence-electron chi connectivity index (χ2n) is 7.15. The van der Waals surface area contributed by atoms with Gasteiger partial charge in [0.2, 0.25) is 0 Å². The van der Waals surface area contributed by atoms with Gasteiger partial charge in [0, 0.05) is 36.6 Å². The summed E-state index contributed by atoms with van der Waals surface area (Å²) in [5, 5.41) is 5.29. The van der Waals surface area contributed by atoms with Crippen LogP contribution in [0.5, 0.6) is 0 Å². The molecule has 0 aliphatic carbocycles. The first kappa shape index (κ1) is 16.8. The van der Waals surface area contributed by atoms with Crippen molar-refractivity contribution in [1.29, 1.82) is 0 Å². The Balaban J connectivity index is 1.65. The van der Waals surface area contributed by atoms with Crippen LogP contribution in [-0.4, -0.2) is 47.0 Å². The molecule has 0 radical (unpaired) electrons. The number of urea groups is 1. The molecule has 0 saturated carbocycles. The van der Waals surface area contributed by atoms with Crippen molar-refractivity contribution in [3.63, 3.8) is 0 Å². The highest BCUT2D eigenvalue weighted by atomic mass is 16.2. The quantitative estimate of drug-likeness (QED) is 0.915. The number of carbonyl (C=O) groups excluding carboxylic acids is 1. The van der Waals surface area contributed by atoms with Crippen molar-refractivity contribution in [2.45, 2.75) is 45.8 Å². The van der Waals surface area contributed by atoms with Crippen LogP contribution in [0.15, 0.2) is 42.5 Å². The lowest BCUT2D eigenvalue weighted by Crippen LogP contribution is -2.64. The Bertz CT molecular complexity index is 706. The maximum absolute atomic E-state index is 12.5. The van der Waals surface area contributed by atoms with E-state index in [1.807, 2.05) is 35.2 Å². The van der Waals surface area contributed by atoms with Crippen LogP contribution in [0.1, 0.15) is 27.7 Å². The molecule has 1 saturated heterocycles. The Kier molecular flexibility index (Phi) is 4.76. The van der Waals surface area contributed by atoms with E-state index in [0.29, 0.717) is 18.1 Å². The smallest absolute Gasteiger partial charge is 0.321 e. The molecule has 0 spiro atoms. The fourth-order valence-electron chi connectivity index (χ4n) is 3.78. The number of benzene rings is 2. The molecule has 4 nitrogen and oxygen atoms in total. The molecule has 3 rings (SSSR count). The van der Waals surface area contributed by atoms with Crippen LogP contribution in [0.2, 0.25) is 0 Å². The summed E-state index contributed by atoms with van der Waals surface area (Å²) >= 11 is 0. The minimum absolute atomic E-state index is 0.00457. The van der Waals surface area contributed by atoms with Gasteiger partial charge in [0.05, 0.1) is 5.69 Å². The Morgan fingerprint density at radius 1 is 1.04 bits per heavy atom. The number of fused-ring (bicyclic) bond motifs is 1. The Morgan fingerprint density at radius 2 is 1.67 bits per heavy atom. The molecular weight excluding hydrogens is 298 g/mol. The molecule has 2 amide bonds. The second kappa shape index (κ2) is 6.81. The van der Waals surface area contributed by atoms with Gasteiger partial charge in [0.15, 0.2) is 0 Å². The predicted octanol–water partition coefficient (Wildman–Crippen LogP) is 4.17. The molecule has 1 heterocycles. The second-order valence-corrected chi connectivity index (χ2v) is 7.15. The Hall–Kier alpha value is -2.07.